The Morgan fingerprint density at radius 1 is 1.83 bits per heavy atom. The van der Waals surface area contributed by atoms with Gasteiger partial charge in [-0.05, 0) is 13.0 Å². The Bertz CT molecular complexity index is 72.0. The fraction of sp³-hybridized carbons (Fsp3) is 0.200. The molecule has 0 aliphatic carbocycles. The van der Waals surface area contributed by atoms with E-state index in [4.69, 9.17) is 0 Å². The third-order valence-electron chi connectivity index (χ3n) is 0.348. The molecule has 0 spiro atoms. The van der Waals surface area contributed by atoms with Gasteiger partial charge in [-0.25, -0.2) is 4.39 Å². The molecule has 0 saturated carbocycles. The highest BCUT2D eigenvalue weighted by Crippen LogP contribution is 1.86. The van der Waals surface area contributed by atoms with Gasteiger partial charge in [-0.1, -0.05) is 12.2 Å². The zero-order valence-corrected chi connectivity index (χ0v) is 3.74. The first-order valence-electron chi connectivity index (χ1n) is 1.69. The SMILES string of the molecule is C=C(C)/C=C/F. The first kappa shape index (κ1) is 5.41. The van der Waals surface area contributed by atoms with Crippen molar-refractivity contribution < 1.29 is 4.39 Å². The van der Waals surface area contributed by atoms with E-state index in [1.165, 1.54) is 6.08 Å². The highest BCUT2D eigenvalue weighted by atomic mass is 19.1. The van der Waals surface area contributed by atoms with E-state index in [-0.39, 0.29) is 0 Å². The lowest BCUT2D eigenvalue weighted by Gasteiger charge is -1.73. The van der Waals surface area contributed by atoms with E-state index in [9.17, 15) is 4.39 Å². The van der Waals surface area contributed by atoms with Crippen LogP contribution in [0, 0.1) is 0 Å². The molecule has 6 heavy (non-hydrogen) atoms. The van der Waals surface area contributed by atoms with Crippen LogP contribution in [0.3, 0.4) is 0 Å². The number of halogens is 1. The smallest absolute Gasteiger partial charge is 0.0869 e. The van der Waals surface area contributed by atoms with Gasteiger partial charge in [0.15, 0.2) is 0 Å². The monoisotopic (exact) mass is 86.1 g/mol. The van der Waals surface area contributed by atoms with Crippen molar-refractivity contribution in [1.29, 1.82) is 0 Å². The van der Waals surface area contributed by atoms with Crippen LogP contribution in [-0.2, 0) is 0 Å². The first-order valence-corrected chi connectivity index (χ1v) is 1.69. The zero-order chi connectivity index (χ0) is 4.99. The molecule has 0 aromatic rings. The van der Waals surface area contributed by atoms with E-state index < -0.39 is 0 Å². The summed E-state index contributed by atoms with van der Waals surface area (Å²) in [7, 11) is 0. The van der Waals surface area contributed by atoms with Crippen LogP contribution in [0.15, 0.2) is 24.6 Å². The van der Waals surface area contributed by atoms with Crippen molar-refractivity contribution in [2.75, 3.05) is 0 Å². The van der Waals surface area contributed by atoms with Crippen LogP contribution in [0.4, 0.5) is 4.39 Å². The van der Waals surface area contributed by atoms with Crippen LogP contribution < -0.4 is 0 Å². The normalized spacial score (nSPS) is 9.67. The maximum absolute atomic E-state index is 11.0. The van der Waals surface area contributed by atoms with Crippen LogP contribution in [-0.4, -0.2) is 0 Å². The van der Waals surface area contributed by atoms with E-state index in [1.54, 1.807) is 6.92 Å². The second-order valence-corrected chi connectivity index (χ2v) is 1.14. The van der Waals surface area contributed by atoms with E-state index in [0.717, 1.165) is 5.57 Å². The lowest BCUT2D eigenvalue weighted by atomic mass is 10.4. The van der Waals surface area contributed by atoms with Crippen molar-refractivity contribution in [2.24, 2.45) is 0 Å². The summed E-state index contributed by atoms with van der Waals surface area (Å²) in [5.74, 6) is 0. The van der Waals surface area contributed by atoms with Crippen molar-refractivity contribution in [3.63, 3.8) is 0 Å². The van der Waals surface area contributed by atoms with Gasteiger partial charge in [-0.15, -0.1) is 0 Å². The van der Waals surface area contributed by atoms with Crippen LogP contribution in [0.25, 0.3) is 0 Å². The minimum absolute atomic E-state index is 0.475. The molecule has 0 bridgehead atoms. The molecule has 0 amide bonds. The molecule has 0 aromatic heterocycles. The quantitative estimate of drug-likeness (QED) is 0.428. The van der Waals surface area contributed by atoms with Gasteiger partial charge >= 0.3 is 0 Å². The predicted octanol–water partition coefficient (Wildman–Crippen LogP) is 2.05. The van der Waals surface area contributed by atoms with Crippen molar-refractivity contribution in [3.8, 4) is 0 Å². The van der Waals surface area contributed by atoms with Gasteiger partial charge in [0.1, 0.15) is 0 Å². The number of allylic oxidation sites excluding steroid dienone is 2. The predicted molar refractivity (Wildman–Crippen MR) is 25.1 cm³/mol. The third-order valence-corrected chi connectivity index (χ3v) is 0.348. The Hall–Kier alpha value is -0.590. The highest BCUT2D eigenvalue weighted by Gasteiger charge is 1.66. The van der Waals surface area contributed by atoms with Gasteiger partial charge in [0, 0.05) is 0 Å². The molecule has 0 rings (SSSR count). The highest BCUT2D eigenvalue weighted by molar-refractivity contribution is 5.07. The van der Waals surface area contributed by atoms with Gasteiger partial charge < -0.3 is 0 Å². The Balaban J connectivity index is 3.30. The fourth-order valence-electron chi connectivity index (χ4n) is 0.108. The van der Waals surface area contributed by atoms with Crippen molar-refractivity contribution >= 4 is 0 Å². The van der Waals surface area contributed by atoms with Crippen LogP contribution in [0.2, 0.25) is 0 Å². The van der Waals surface area contributed by atoms with Crippen LogP contribution in [0.5, 0.6) is 0 Å². The summed E-state index contributed by atoms with van der Waals surface area (Å²) in [5, 5.41) is 0. The second kappa shape index (κ2) is 2.64. The van der Waals surface area contributed by atoms with Gasteiger partial charge in [-0.2, -0.15) is 0 Å². The molecule has 0 saturated heterocycles. The molecule has 0 unspecified atom stereocenters. The van der Waals surface area contributed by atoms with Crippen LogP contribution >= 0.6 is 0 Å². The second-order valence-electron chi connectivity index (χ2n) is 1.14. The molecular formula is C5H7F. The molecule has 0 N–H and O–H groups in total. The van der Waals surface area contributed by atoms with Crippen molar-refractivity contribution in [1.82, 2.24) is 0 Å². The third kappa shape index (κ3) is 3.41. The molecular weight excluding hydrogens is 79.1 g/mol. The fourth-order valence-corrected chi connectivity index (χ4v) is 0.108. The average Bonchev–Trinajstić information content (AvgIpc) is 1.35. The maximum Gasteiger partial charge on any atom is 0.0869 e. The molecule has 0 fully saturated rings. The maximum atomic E-state index is 11.0. The molecule has 0 atom stereocenters. The Morgan fingerprint density at radius 2 is 2.33 bits per heavy atom. The van der Waals surface area contributed by atoms with Crippen molar-refractivity contribution in [2.45, 2.75) is 6.92 Å². The largest absolute Gasteiger partial charge is 0.216 e. The minimum Gasteiger partial charge on any atom is -0.216 e. The Labute approximate surface area is 37.0 Å². The van der Waals surface area contributed by atoms with Crippen LogP contribution in [0.1, 0.15) is 6.92 Å². The molecule has 0 aliphatic rings. The summed E-state index contributed by atoms with van der Waals surface area (Å²) >= 11 is 0. The number of hydrogen-bond acceptors (Lipinski definition) is 0. The van der Waals surface area contributed by atoms with Crippen molar-refractivity contribution in [3.05, 3.63) is 24.6 Å². The molecule has 0 nitrogen and oxygen atoms in total. The number of rotatable bonds is 1. The Morgan fingerprint density at radius 3 is 2.33 bits per heavy atom. The summed E-state index contributed by atoms with van der Waals surface area (Å²) < 4.78 is 11.0. The summed E-state index contributed by atoms with van der Waals surface area (Å²) in [6.45, 7) is 5.15. The first-order chi connectivity index (χ1) is 2.77. The molecule has 0 aliphatic heterocycles. The standard InChI is InChI=1S/C5H7F/c1-5(2)3-4-6/h3-4H,1H2,2H3/b4-3+. The van der Waals surface area contributed by atoms with E-state index in [0.29, 0.717) is 6.33 Å². The zero-order valence-electron chi connectivity index (χ0n) is 3.74. The summed E-state index contributed by atoms with van der Waals surface area (Å²) in [6, 6.07) is 0. The summed E-state index contributed by atoms with van der Waals surface area (Å²) in [5.41, 5.74) is 0.734. The van der Waals surface area contributed by atoms with E-state index >= 15 is 0 Å². The van der Waals surface area contributed by atoms with Gasteiger partial charge in [0.2, 0.25) is 0 Å². The van der Waals surface area contributed by atoms with E-state index in [1.807, 2.05) is 0 Å². The van der Waals surface area contributed by atoms with Gasteiger partial charge in [0.05, 0.1) is 6.33 Å². The molecule has 0 radical (unpaired) electrons. The summed E-state index contributed by atoms with van der Waals surface area (Å²) in [4.78, 5) is 0. The van der Waals surface area contributed by atoms with E-state index in [2.05, 4.69) is 6.58 Å². The summed E-state index contributed by atoms with van der Waals surface area (Å²) in [6.07, 6.45) is 1.78. The van der Waals surface area contributed by atoms with Gasteiger partial charge in [-0.3, -0.25) is 0 Å². The topological polar surface area (TPSA) is 0 Å². The molecule has 0 aromatic carbocycles. The molecule has 1 heteroatoms. The molecule has 34 valence electrons. The number of hydrogen-bond donors (Lipinski definition) is 0. The lowest BCUT2D eigenvalue weighted by molar-refractivity contribution is 0.720. The average molecular weight is 86.1 g/mol. The minimum atomic E-state index is 0.475. The molecule has 0 heterocycles. The Kier molecular flexibility index (Phi) is 2.38. The van der Waals surface area contributed by atoms with Gasteiger partial charge in [0.25, 0.3) is 0 Å². The lowest BCUT2D eigenvalue weighted by Crippen LogP contribution is -1.53.